The standard InChI is InChI=1S/C19H22N2O5S/c1-4-15-12(2)11-16(27-15)19(24)21-20-17(22)9-7-13-5-6-14(26-13)8-10-18(23)25-3/h5-7,9,11H,4,8,10H2,1-3H3,(H,20,22)(H,21,24)/b9-7+. The second-order valence-corrected chi connectivity index (χ2v) is 6.86. The third-order valence-corrected chi connectivity index (χ3v) is 5.13. The van der Waals surface area contributed by atoms with E-state index in [0.717, 1.165) is 16.9 Å². The minimum Gasteiger partial charge on any atom is -0.469 e. The van der Waals surface area contributed by atoms with Gasteiger partial charge in [0.1, 0.15) is 11.5 Å². The van der Waals surface area contributed by atoms with E-state index >= 15 is 0 Å². The van der Waals surface area contributed by atoms with Gasteiger partial charge in [0.05, 0.1) is 18.4 Å². The Labute approximate surface area is 161 Å². The fraction of sp³-hybridized carbons (Fsp3) is 0.316. The monoisotopic (exact) mass is 390 g/mol. The molecule has 2 amide bonds. The lowest BCUT2D eigenvalue weighted by atomic mass is 10.2. The maximum absolute atomic E-state index is 12.1. The smallest absolute Gasteiger partial charge is 0.305 e. The van der Waals surface area contributed by atoms with Crippen LogP contribution in [0.15, 0.2) is 28.7 Å². The zero-order valence-electron chi connectivity index (χ0n) is 15.5. The van der Waals surface area contributed by atoms with E-state index < -0.39 is 5.91 Å². The van der Waals surface area contributed by atoms with Gasteiger partial charge in [0.15, 0.2) is 0 Å². The summed E-state index contributed by atoms with van der Waals surface area (Å²) < 4.78 is 10.1. The van der Waals surface area contributed by atoms with Crippen molar-refractivity contribution in [2.45, 2.75) is 33.1 Å². The Hall–Kier alpha value is -2.87. The first-order valence-electron chi connectivity index (χ1n) is 8.46. The lowest BCUT2D eigenvalue weighted by Crippen LogP contribution is -2.40. The van der Waals surface area contributed by atoms with Gasteiger partial charge in [0.25, 0.3) is 11.8 Å². The lowest BCUT2D eigenvalue weighted by Gasteiger charge is -2.02. The van der Waals surface area contributed by atoms with Crippen LogP contribution in [-0.2, 0) is 27.2 Å². The number of hydrogen-bond acceptors (Lipinski definition) is 6. The predicted molar refractivity (Wildman–Crippen MR) is 102 cm³/mol. The van der Waals surface area contributed by atoms with Crippen LogP contribution >= 0.6 is 11.3 Å². The minimum atomic E-state index is -0.486. The van der Waals surface area contributed by atoms with Crippen molar-refractivity contribution < 1.29 is 23.5 Å². The number of ether oxygens (including phenoxy) is 1. The van der Waals surface area contributed by atoms with Gasteiger partial charge in [-0.15, -0.1) is 11.3 Å². The zero-order valence-corrected chi connectivity index (χ0v) is 16.3. The van der Waals surface area contributed by atoms with Crippen LogP contribution in [0.2, 0.25) is 0 Å². The molecule has 0 saturated heterocycles. The summed E-state index contributed by atoms with van der Waals surface area (Å²) in [5, 5.41) is 0. The topological polar surface area (TPSA) is 97.6 Å². The maximum atomic E-state index is 12.1. The van der Waals surface area contributed by atoms with Crippen molar-refractivity contribution >= 4 is 35.2 Å². The second kappa shape index (κ2) is 9.72. The Morgan fingerprint density at radius 2 is 2.04 bits per heavy atom. The molecule has 0 aliphatic rings. The highest BCUT2D eigenvalue weighted by molar-refractivity contribution is 7.14. The molecule has 0 unspecified atom stereocenters. The van der Waals surface area contributed by atoms with E-state index in [2.05, 4.69) is 15.6 Å². The first kappa shape index (κ1) is 20.4. The van der Waals surface area contributed by atoms with Crippen LogP contribution in [0.1, 0.15) is 45.0 Å². The molecule has 0 aliphatic carbocycles. The first-order valence-corrected chi connectivity index (χ1v) is 9.27. The molecule has 2 rings (SSSR count). The van der Waals surface area contributed by atoms with Crippen LogP contribution in [0.5, 0.6) is 0 Å². The molecule has 7 nitrogen and oxygen atoms in total. The number of thiophene rings is 1. The summed E-state index contributed by atoms with van der Waals surface area (Å²) in [6.07, 6.45) is 4.24. The average Bonchev–Trinajstić information content (AvgIpc) is 3.28. The van der Waals surface area contributed by atoms with Gasteiger partial charge in [-0.25, -0.2) is 0 Å². The molecule has 0 aromatic carbocycles. The van der Waals surface area contributed by atoms with Gasteiger partial charge in [-0.2, -0.15) is 0 Å². The number of hydrazine groups is 1. The van der Waals surface area contributed by atoms with Gasteiger partial charge >= 0.3 is 5.97 Å². The van der Waals surface area contributed by atoms with Gasteiger partial charge in [-0.3, -0.25) is 25.2 Å². The number of methoxy groups -OCH3 is 1. The molecule has 144 valence electrons. The predicted octanol–water partition coefficient (Wildman–Crippen LogP) is 2.79. The van der Waals surface area contributed by atoms with Crippen molar-refractivity contribution in [3.05, 3.63) is 51.1 Å². The SMILES string of the molecule is CCc1sc(C(=O)NNC(=O)/C=C/c2ccc(CCC(=O)OC)o2)cc1C. The third kappa shape index (κ3) is 6.10. The van der Waals surface area contributed by atoms with Crippen molar-refractivity contribution in [1.29, 1.82) is 0 Å². The highest BCUT2D eigenvalue weighted by atomic mass is 32.1. The Morgan fingerprint density at radius 3 is 2.70 bits per heavy atom. The summed E-state index contributed by atoms with van der Waals surface area (Å²) in [7, 11) is 1.33. The number of nitrogens with one attached hydrogen (secondary N) is 2. The molecule has 0 fully saturated rings. The minimum absolute atomic E-state index is 0.224. The summed E-state index contributed by atoms with van der Waals surface area (Å²) in [6, 6.07) is 5.22. The van der Waals surface area contributed by atoms with E-state index in [0.29, 0.717) is 22.8 Å². The number of hydrogen-bond donors (Lipinski definition) is 2. The molecular weight excluding hydrogens is 368 g/mol. The Balaban J connectivity index is 1.82. The highest BCUT2D eigenvalue weighted by Gasteiger charge is 2.12. The largest absolute Gasteiger partial charge is 0.469 e. The molecule has 0 bridgehead atoms. The summed E-state index contributed by atoms with van der Waals surface area (Å²) in [5.41, 5.74) is 5.78. The molecular formula is C19H22N2O5S. The van der Waals surface area contributed by atoms with Crippen molar-refractivity contribution in [2.24, 2.45) is 0 Å². The van der Waals surface area contributed by atoms with E-state index in [1.807, 2.05) is 13.8 Å². The van der Waals surface area contributed by atoms with Gasteiger partial charge in [-0.1, -0.05) is 6.92 Å². The number of rotatable bonds is 7. The average molecular weight is 390 g/mol. The van der Waals surface area contributed by atoms with Crippen molar-refractivity contribution in [3.8, 4) is 0 Å². The lowest BCUT2D eigenvalue weighted by molar-refractivity contribution is -0.140. The van der Waals surface area contributed by atoms with Gasteiger partial charge < -0.3 is 9.15 Å². The van der Waals surface area contributed by atoms with E-state index in [1.54, 1.807) is 18.2 Å². The third-order valence-electron chi connectivity index (χ3n) is 3.75. The Morgan fingerprint density at radius 1 is 1.26 bits per heavy atom. The first-order chi connectivity index (χ1) is 12.9. The van der Waals surface area contributed by atoms with E-state index in [-0.39, 0.29) is 18.3 Å². The van der Waals surface area contributed by atoms with Crippen LogP contribution in [0.4, 0.5) is 0 Å². The number of carbonyl (C=O) groups is 3. The maximum Gasteiger partial charge on any atom is 0.305 e. The van der Waals surface area contributed by atoms with E-state index in [4.69, 9.17) is 4.42 Å². The second-order valence-electron chi connectivity index (χ2n) is 5.73. The van der Waals surface area contributed by atoms with Crippen LogP contribution in [0.3, 0.4) is 0 Å². The van der Waals surface area contributed by atoms with E-state index in [9.17, 15) is 14.4 Å². The molecule has 0 spiro atoms. The van der Waals surface area contributed by atoms with E-state index in [1.165, 1.54) is 30.6 Å². The number of esters is 1. The number of amides is 2. The summed E-state index contributed by atoms with van der Waals surface area (Å²) in [6.45, 7) is 3.98. The molecule has 0 saturated carbocycles. The normalized spacial score (nSPS) is 10.8. The summed E-state index contributed by atoms with van der Waals surface area (Å²) in [4.78, 5) is 36.7. The fourth-order valence-electron chi connectivity index (χ4n) is 2.31. The molecule has 27 heavy (non-hydrogen) atoms. The molecule has 0 atom stereocenters. The van der Waals surface area contributed by atoms with Crippen molar-refractivity contribution in [1.82, 2.24) is 10.9 Å². The number of aryl methyl sites for hydroxylation is 3. The summed E-state index contributed by atoms with van der Waals surface area (Å²) >= 11 is 1.41. The fourth-order valence-corrected chi connectivity index (χ4v) is 3.32. The molecule has 0 radical (unpaired) electrons. The number of furan rings is 1. The quantitative estimate of drug-likeness (QED) is 0.430. The molecule has 2 aromatic heterocycles. The zero-order chi connectivity index (χ0) is 19.8. The van der Waals surface area contributed by atoms with Gasteiger partial charge in [0, 0.05) is 17.4 Å². The van der Waals surface area contributed by atoms with Crippen molar-refractivity contribution in [2.75, 3.05) is 7.11 Å². The number of carbonyl (C=O) groups excluding carboxylic acids is 3. The highest BCUT2D eigenvalue weighted by Crippen LogP contribution is 2.22. The summed E-state index contributed by atoms with van der Waals surface area (Å²) in [5.74, 6) is -0.0653. The molecule has 0 aliphatic heterocycles. The molecule has 2 N–H and O–H groups in total. The Bertz CT molecular complexity index is 850. The van der Waals surface area contributed by atoms with Crippen molar-refractivity contribution in [3.63, 3.8) is 0 Å². The molecule has 8 heteroatoms. The van der Waals surface area contributed by atoms with Crippen LogP contribution in [-0.4, -0.2) is 24.9 Å². The van der Waals surface area contributed by atoms with Crippen LogP contribution in [0.25, 0.3) is 6.08 Å². The molecule has 2 aromatic rings. The van der Waals surface area contributed by atoms with Crippen LogP contribution < -0.4 is 10.9 Å². The van der Waals surface area contributed by atoms with Crippen LogP contribution in [0, 0.1) is 6.92 Å². The van der Waals surface area contributed by atoms with Gasteiger partial charge in [-0.05, 0) is 43.2 Å². The van der Waals surface area contributed by atoms with Gasteiger partial charge in [0.2, 0.25) is 0 Å². The Kier molecular flexibility index (Phi) is 7.36. The molecule has 2 heterocycles.